The van der Waals surface area contributed by atoms with Crippen LogP contribution in [-0.4, -0.2) is 0 Å². The molecule has 0 bridgehead atoms. The summed E-state index contributed by atoms with van der Waals surface area (Å²) in [6.07, 6.45) is -8.79. The number of benzene rings is 2. The van der Waals surface area contributed by atoms with E-state index in [1.807, 2.05) is 22.9 Å². The summed E-state index contributed by atoms with van der Waals surface area (Å²) < 4.78 is 80.3. The number of rotatable bonds is 3. The van der Waals surface area contributed by atoms with Gasteiger partial charge in [-0.05, 0) is 58.3 Å². The molecule has 4 heterocycles. The Kier molecular flexibility index (Phi) is 5.56. The molecule has 0 radical (unpaired) electrons. The van der Waals surface area contributed by atoms with Crippen LogP contribution in [-0.2, 0) is 12.4 Å². The first-order valence-electron chi connectivity index (χ1n) is 10.5. The quantitative estimate of drug-likeness (QED) is 0.187. The summed E-state index contributed by atoms with van der Waals surface area (Å²) in [5.41, 5.74) is 0.0478. The number of thiophene rings is 4. The topological polar surface area (TPSA) is 0 Å². The molecule has 6 rings (SSSR count). The van der Waals surface area contributed by atoms with E-state index in [4.69, 9.17) is 0 Å². The zero-order chi connectivity index (χ0) is 25.2. The summed E-state index contributed by atoms with van der Waals surface area (Å²) in [7, 11) is 0. The first kappa shape index (κ1) is 23.7. The van der Waals surface area contributed by atoms with E-state index in [9.17, 15) is 26.3 Å². The molecule has 182 valence electrons. The Morgan fingerprint density at radius 3 is 1.36 bits per heavy atom. The maximum absolute atomic E-state index is 13.0. The maximum Gasteiger partial charge on any atom is 0.416 e. The minimum Gasteiger partial charge on any atom is -0.166 e. The van der Waals surface area contributed by atoms with E-state index >= 15 is 0 Å². The third kappa shape index (κ3) is 3.96. The highest BCUT2D eigenvalue weighted by Gasteiger charge is 2.31. The molecule has 0 N–H and O–H groups in total. The molecule has 0 aliphatic carbocycles. The lowest BCUT2D eigenvalue weighted by molar-refractivity contribution is -0.138. The van der Waals surface area contributed by atoms with Crippen molar-refractivity contribution in [3.05, 3.63) is 82.6 Å². The predicted molar refractivity (Wildman–Crippen MR) is 139 cm³/mol. The van der Waals surface area contributed by atoms with Gasteiger partial charge in [-0.3, -0.25) is 0 Å². The van der Waals surface area contributed by atoms with Crippen molar-refractivity contribution in [1.82, 2.24) is 0 Å². The van der Waals surface area contributed by atoms with Gasteiger partial charge < -0.3 is 0 Å². The lowest BCUT2D eigenvalue weighted by atomic mass is 10.1. The van der Waals surface area contributed by atoms with E-state index in [0.717, 1.165) is 63.9 Å². The summed E-state index contributed by atoms with van der Waals surface area (Å²) in [4.78, 5) is 3.82. The Labute approximate surface area is 216 Å². The van der Waals surface area contributed by atoms with E-state index in [2.05, 4.69) is 0 Å². The second-order valence-electron chi connectivity index (χ2n) is 8.00. The average Bonchev–Trinajstić information content (AvgIpc) is 3.60. The Morgan fingerprint density at radius 2 is 0.861 bits per heavy atom. The van der Waals surface area contributed by atoms with Gasteiger partial charge in [-0.15, -0.1) is 45.3 Å². The second kappa shape index (κ2) is 8.44. The molecule has 0 aliphatic rings. The molecular formula is C26H12F6S4. The van der Waals surface area contributed by atoms with Crippen molar-refractivity contribution in [3.8, 4) is 30.6 Å². The molecule has 0 aliphatic heterocycles. The van der Waals surface area contributed by atoms with Crippen molar-refractivity contribution < 1.29 is 26.3 Å². The Balaban J connectivity index is 1.48. The fraction of sp³-hybridized carbons (Fsp3) is 0.0769. The van der Waals surface area contributed by atoms with Crippen LogP contribution >= 0.6 is 45.3 Å². The number of hydrogen-bond donors (Lipinski definition) is 0. The molecule has 0 fully saturated rings. The molecule has 0 saturated heterocycles. The fourth-order valence-corrected chi connectivity index (χ4v) is 9.05. The summed E-state index contributed by atoms with van der Waals surface area (Å²) in [5.74, 6) is 0. The molecule has 0 saturated carbocycles. The minimum atomic E-state index is -4.40. The van der Waals surface area contributed by atoms with Gasteiger partial charge in [-0.2, -0.15) is 26.3 Å². The van der Waals surface area contributed by atoms with Crippen molar-refractivity contribution in [3.63, 3.8) is 0 Å². The third-order valence-electron chi connectivity index (χ3n) is 5.80. The lowest BCUT2D eigenvalue weighted by Gasteiger charge is -2.07. The van der Waals surface area contributed by atoms with Crippen LogP contribution in [0.1, 0.15) is 11.1 Å². The van der Waals surface area contributed by atoms with Gasteiger partial charge in [-0.1, -0.05) is 24.3 Å². The predicted octanol–water partition coefficient (Wildman–Crippen LogP) is 11.3. The summed E-state index contributed by atoms with van der Waals surface area (Å²) in [6.45, 7) is 0. The zero-order valence-corrected chi connectivity index (χ0v) is 21.1. The highest BCUT2D eigenvalue weighted by molar-refractivity contribution is 7.33. The Morgan fingerprint density at radius 1 is 0.444 bits per heavy atom. The Hall–Kier alpha value is -2.66. The zero-order valence-electron chi connectivity index (χ0n) is 17.8. The molecule has 0 spiro atoms. The van der Waals surface area contributed by atoms with Gasteiger partial charge in [0.1, 0.15) is 0 Å². The van der Waals surface area contributed by atoms with Gasteiger partial charge in [0.2, 0.25) is 0 Å². The smallest absolute Gasteiger partial charge is 0.166 e. The van der Waals surface area contributed by atoms with Crippen LogP contribution in [0.2, 0.25) is 0 Å². The third-order valence-corrected chi connectivity index (χ3v) is 10.6. The standard InChI is InChI=1S/C26H12F6S4/c27-25(28,29)15-5-1-13(2-6-15)19-17-9-11-34-22(17)24(35-19)23-18-10-12-33-21(18)20(36-23)14-3-7-16(8-4-14)26(30,31)32/h1-12H. The van der Waals surface area contributed by atoms with E-state index in [1.54, 1.807) is 11.3 Å². The van der Waals surface area contributed by atoms with Crippen LogP contribution in [0.15, 0.2) is 71.4 Å². The molecule has 0 unspecified atom stereocenters. The van der Waals surface area contributed by atoms with Crippen LogP contribution in [0.5, 0.6) is 0 Å². The monoisotopic (exact) mass is 566 g/mol. The summed E-state index contributed by atoms with van der Waals surface area (Å²) in [5, 5.41) is 5.93. The number of halogens is 6. The number of alkyl halides is 6. The highest BCUT2D eigenvalue weighted by atomic mass is 32.1. The van der Waals surface area contributed by atoms with Crippen LogP contribution in [0, 0.1) is 0 Å². The van der Waals surface area contributed by atoms with Gasteiger partial charge in [0, 0.05) is 15.6 Å². The van der Waals surface area contributed by atoms with Crippen LogP contribution in [0.25, 0.3) is 50.8 Å². The van der Waals surface area contributed by atoms with Gasteiger partial charge in [0.25, 0.3) is 0 Å². The van der Waals surface area contributed by atoms with Gasteiger partial charge in [-0.25, -0.2) is 0 Å². The molecule has 6 aromatic rings. The van der Waals surface area contributed by atoms with Gasteiger partial charge >= 0.3 is 12.4 Å². The minimum absolute atomic E-state index is 0.690. The highest BCUT2D eigenvalue weighted by Crippen LogP contribution is 2.53. The number of fused-ring (bicyclic) bond motifs is 2. The van der Waals surface area contributed by atoms with Gasteiger partial charge in [0.15, 0.2) is 0 Å². The van der Waals surface area contributed by atoms with E-state index in [-0.39, 0.29) is 0 Å². The summed E-state index contributed by atoms with van der Waals surface area (Å²) >= 11 is 6.16. The molecule has 0 nitrogen and oxygen atoms in total. The molecule has 0 amide bonds. The van der Waals surface area contributed by atoms with Gasteiger partial charge in [0.05, 0.1) is 35.2 Å². The van der Waals surface area contributed by atoms with E-state index in [1.165, 1.54) is 58.3 Å². The lowest BCUT2D eigenvalue weighted by Crippen LogP contribution is -2.03. The van der Waals surface area contributed by atoms with Crippen LogP contribution < -0.4 is 0 Å². The SMILES string of the molecule is FC(F)(F)c1ccc(-c2sc(-c3sc(-c4ccc(C(F)(F)F)cc4)c4sccc34)c3sccc23)cc1. The largest absolute Gasteiger partial charge is 0.416 e. The normalized spacial score (nSPS) is 12.7. The van der Waals surface area contributed by atoms with E-state index in [0.29, 0.717) is 11.1 Å². The van der Waals surface area contributed by atoms with Crippen LogP contribution in [0.4, 0.5) is 26.3 Å². The van der Waals surface area contributed by atoms with Crippen molar-refractivity contribution in [1.29, 1.82) is 0 Å². The molecule has 36 heavy (non-hydrogen) atoms. The van der Waals surface area contributed by atoms with Crippen LogP contribution in [0.3, 0.4) is 0 Å². The maximum atomic E-state index is 13.0. The first-order chi connectivity index (χ1) is 17.1. The molecular weight excluding hydrogens is 555 g/mol. The molecule has 4 aromatic heterocycles. The molecule has 2 aromatic carbocycles. The number of hydrogen-bond acceptors (Lipinski definition) is 4. The second-order valence-corrected chi connectivity index (χ2v) is 11.9. The van der Waals surface area contributed by atoms with Crippen molar-refractivity contribution in [2.45, 2.75) is 12.4 Å². The fourth-order valence-electron chi connectivity index (χ4n) is 4.08. The Bertz CT molecular complexity index is 1560. The molecule has 0 atom stereocenters. The van der Waals surface area contributed by atoms with Crippen molar-refractivity contribution in [2.75, 3.05) is 0 Å². The average molecular weight is 567 g/mol. The molecule has 10 heteroatoms. The first-order valence-corrected chi connectivity index (χ1v) is 13.9. The van der Waals surface area contributed by atoms with E-state index < -0.39 is 23.5 Å². The van der Waals surface area contributed by atoms with Crippen molar-refractivity contribution in [2.24, 2.45) is 0 Å². The van der Waals surface area contributed by atoms with Crippen molar-refractivity contribution >= 4 is 65.5 Å². The summed E-state index contributed by atoms with van der Waals surface area (Å²) in [6, 6.07) is 14.4.